The summed E-state index contributed by atoms with van der Waals surface area (Å²) in [4.78, 5) is 55.4. The van der Waals surface area contributed by atoms with E-state index in [9.17, 15) is 32.3 Å². The number of ether oxygens (including phenoxy) is 1. The van der Waals surface area contributed by atoms with Crippen molar-refractivity contribution in [3.8, 4) is 6.01 Å². The molecule has 0 atom stereocenters. The molecular weight excluding hydrogens is 646 g/mol. The predicted molar refractivity (Wildman–Crippen MR) is 159 cm³/mol. The van der Waals surface area contributed by atoms with Gasteiger partial charge in [-0.05, 0) is 65.2 Å². The van der Waals surface area contributed by atoms with Gasteiger partial charge in [0.2, 0.25) is 11.9 Å². The van der Waals surface area contributed by atoms with Crippen LogP contribution in [0.4, 0.5) is 30.8 Å². The minimum atomic E-state index is -4.57. The molecule has 2 aromatic carbocycles. The van der Waals surface area contributed by atoms with Crippen LogP contribution < -0.4 is 37.5 Å². The first kappa shape index (κ1) is 36.6. The molecule has 0 unspecified atom stereocenters. The van der Waals surface area contributed by atoms with Crippen LogP contribution >= 0.6 is 23.2 Å². The Hall–Kier alpha value is -4.58. The van der Waals surface area contributed by atoms with Gasteiger partial charge in [0, 0.05) is 49.5 Å². The van der Waals surface area contributed by atoms with E-state index < -0.39 is 29.3 Å². The Bertz CT molecular complexity index is 1430. The van der Waals surface area contributed by atoms with Gasteiger partial charge in [0.25, 0.3) is 11.8 Å². The van der Waals surface area contributed by atoms with Gasteiger partial charge < -0.3 is 37.5 Å². The Kier molecular flexibility index (Phi) is 14.9. The Morgan fingerprint density at radius 3 is 1.73 bits per heavy atom. The van der Waals surface area contributed by atoms with E-state index in [2.05, 4.69) is 59.4 Å². The fourth-order valence-corrected chi connectivity index (χ4v) is 3.05. The van der Waals surface area contributed by atoms with Crippen LogP contribution in [-0.2, 0) is 16.1 Å². The summed E-state index contributed by atoms with van der Waals surface area (Å²) in [5.41, 5.74) is 11.9. The number of hydrogen-bond donors (Lipinski definition) is 6. The van der Waals surface area contributed by atoms with Gasteiger partial charge in [-0.25, -0.2) is 0 Å². The van der Waals surface area contributed by atoms with Gasteiger partial charge in [-0.3, -0.25) is 19.2 Å². The van der Waals surface area contributed by atoms with Crippen LogP contribution in [0.1, 0.15) is 26.3 Å². The average molecular weight is 674 g/mol. The molecule has 5 heterocycles. The van der Waals surface area contributed by atoms with Gasteiger partial charge in [0.05, 0.1) is 0 Å². The third-order valence-electron chi connectivity index (χ3n) is 5.07. The fraction of sp³-hybridized carbons (Fsp3) is 0.269. The molecule has 1 aromatic heterocycles. The molecule has 14 nitrogen and oxygen atoms in total. The number of amides is 2. The topological polar surface area (TPSA) is 216 Å². The molecule has 45 heavy (non-hydrogen) atoms. The number of rotatable bonds is 4. The van der Waals surface area contributed by atoms with E-state index >= 15 is 0 Å². The molecule has 242 valence electrons. The van der Waals surface area contributed by atoms with Crippen molar-refractivity contribution in [2.24, 2.45) is 11.5 Å². The Labute approximate surface area is 264 Å². The van der Waals surface area contributed by atoms with Crippen LogP contribution in [0.2, 0.25) is 0 Å². The SMILES string of the molecule is NCCN.O=C(Cl)C(=O)Cl.O=C1NCCNC(=O)c2ccc(cc2)Nc2nc(nc(OCC(F)(F)F)n2)NCc2ccc1cc2. The van der Waals surface area contributed by atoms with Crippen molar-refractivity contribution >= 4 is 63.1 Å². The van der Waals surface area contributed by atoms with Crippen LogP contribution in [-0.4, -0.2) is 76.2 Å². The quantitative estimate of drug-likeness (QED) is 0.173. The van der Waals surface area contributed by atoms with Crippen molar-refractivity contribution in [2.45, 2.75) is 12.7 Å². The lowest BCUT2D eigenvalue weighted by Gasteiger charge is -2.13. The molecular formula is C26H28Cl2F3N9O5. The summed E-state index contributed by atoms with van der Waals surface area (Å²) >= 11 is 8.98. The van der Waals surface area contributed by atoms with Crippen LogP contribution in [0.5, 0.6) is 6.01 Å². The number of halogens is 5. The highest BCUT2D eigenvalue weighted by atomic mass is 35.5. The number of nitrogens with two attached hydrogens (primary N) is 2. The Morgan fingerprint density at radius 1 is 0.778 bits per heavy atom. The van der Waals surface area contributed by atoms with Gasteiger partial charge in [-0.2, -0.15) is 28.1 Å². The highest BCUT2D eigenvalue weighted by Crippen LogP contribution is 2.20. The average Bonchev–Trinajstić information content (AvgIpc) is 3.01. The van der Waals surface area contributed by atoms with Gasteiger partial charge in [0.15, 0.2) is 6.61 Å². The number of carbonyl (C=O) groups excluding carboxylic acids is 4. The number of anilines is 3. The number of nitrogens with one attached hydrogen (secondary N) is 4. The minimum absolute atomic E-state index is 0.0214. The van der Waals surface area contributed by atoms with Crippen molar-refractivity contribution in [2.75, 3.05) is 43.4 Å². The molecule has 0 saturated heterocycles. The van der Waals surface area contributed by atoms with E-state index in [0.29, 0.717) is 29.9 Å². The second kappa shape index (κ2) is 18.3. The summed E-state index contributed by atoms with van der Waals surface area (Å²) < 4.78 is 42.6. The van der Waals surface area contributed by atoms with E-state index in [0.717, 1.165) is 5.56 Å². The summed E-state index contributed by atoms with van der Waals surface area (Å²) in [6.45, 7) is 0.346. The summed E-state index contributed by atoms with van der Waals surface area (Å²) in [5, 5.41) is 8.94. The number of alkyl halides is 3. The molecule has 6 bridgehead atoms. The van der Waals surface area contributed by atoms with E-state index in [1.165, 1.54) is 0 Å². The molecule has 3 aromatic rings. The molecule has 7 rings (SSSR count). The number of aromatic nitrogens is 3. The maximum Gasteiger partial charge on any atom is 0.422 e. The lowest BCUT2D eigenvalue weighted by Crippen LogP contribution is -2.34. The molecule has 19 heteroatoms. The molecule has 0 spiro atoms. The van der Waals surface area contributed by atoms with Crippen molar-refractivity contribution in [3.63, 3.8) is 0 Å². The maximum absolute atomic E-state index is 12.6. The Morgan fingerprint density at radius 2 is 1.27 bits per heavy atom. The van der Waals surface area contributed by atoms with E-state index in [4.69, 9.17) is 16.2 Å². The molecule has 0 fully saturated rings. The molecule has 0 radical (unpaired) electrons. The molecule has 0 saturated carbocycles. The first-order chi connectivity index (χ1) is 21.3. The Balaban J connectivity index is 0.000000614. The van der Waals surface area contributed by atoms with Crippen LogP contribution in [0, 0.1) is 0 Å². The van der Waals surface area contributed by atoms with Gasteiger partial charge in [-0.15, -0.1) is 0 Å². The summed E-state index contributed by atoms with van der Waals surface area (Å²) in [6.07, 6.45) is -4.57. The van der Waals surface area contributed by atoms with Crippen molar-refractivity contribution in [3.05, 3.63) is 65.2 Å². The zero-order valence-electron chi connectivity index (χ0n) is 23.3. The molecule has 8 N–H and O–H groups in total. The number of nitrogens with zero attached hydrogens (tertiary/aromatic N) is 3. The zero-order chi connectivity index (χ0) is 33.4. The van der Waals surface area contributed by atoms with Crippen LogP contribution in [0.25, 0.3) is 0 Å². The smallest absolute Gasteiger partial charge is 0.422 e. The van der Waals surface area contributed by atoms with Crippen molar-refractivity contribution < 1.29 is 37.1 Å². The highest BCUT2D eigenvalue weighted by molar-refractivity contribution is 6.97. The zero-order valence-corrected chi connectivity index (χ0v) is 24.8. The highest BCUT2D eigenvalue weighted by Gasteiger charge is 2.29. The molecule has 2 amide bonds. The van der Waals surface area contributed by atoms with E-state index in [-0.39, 0.29) is 43.3 Å². The number of carbonyl (C=O) groups is 4. The first-order valence-electron chi connectivity index (χ1n) is 12.8. The van der Waals surface area contributed by atoms with E-state index in [1.54, 1.807) is 48.5 Å². The predicted octanol–water partition coefficient (Wildman–Crippen LogP) is 2.06. The van der Waals surface area contributed by atoms with Gasteiger partial charge in [-0.1, -0.05) is 12.1 Å². The third-order valence-corrected chi connectivity index (χ3v) is 5.51. The first-order valence-corrected chi connectivity index (χ1v) is 13.6. The molecule has 0 aliphatic carbocycles. The molecule has 4 aliphatic rings. The number of benzene rings is 2. The number of hydrogen-bond acceptors (Lipinski definition) is 12. The minimum Gasteiger partial charge on any atom is -0.454 e. The summed E-state index contributed by atoms with van der Waals surface area (Å²) in [6, 6.07) is 12.4. The van der Waals surface area contributed by atoms with Gasteiger partial charge >= 0.3 is 22.7 Å². The van der Waals surface area contributed by atoms with E-state index in [1.807, 2.05) is 0 Å². The second-order valence-electron chi connectivity index (χ2n) is 8.56. The summed E-state index contributed by atoms with van der Waals surface area (Å²) in [7, 11) is 0. The maximum atomic E-state index is 12.6. The third kappa shape index (κ3) is 14.2. The van der Waals surface area contributed by atoms with Crippen molar-refractivity contribution in [1.82, 2.24) is 25.6 Å². The van der Waals surface area contributed by atoms with Crippen LogP contribution in [0.3, 0.4) is 0 Å². The lowest BCUT2D eigenvalue weighted by atomic mass is 10.1. The summed E-state index contributed by atoms with van der Waals surface area (Å²) in [5.74, 6) is -0.707. The monoisotopic (exact) mass is 673 g/mol. The fourth-order valence-electron chi connectivity index (χ4n) is 3.05. The normalized spacial score (nSPS) is 12.9. The largest absolute Gasteiger partial charge is 0.454 e. The second-order valence-corrected chi connectivity index (χ2v) is 9.25. The van der Waals surface area contributed by atoms with Crippen LogP contribution in [0.15, 0.2) is 48.5 Å². The molecule has 4 aliphatic heterocycles. The van der Waals surface area contributed by atoms with Gasteiger partial charge in [0.1, 0.15) is 0 Å². The standard InChI is InChI=1S/C22H20F3N7O3.C2Cl2O2.C2H8N2/c23-22(24,25)12-35-21-31-19-28-11-13-1-3-14(4-2-13)17(33)26-9-10-27-18(34)15-5-7-16(8-6-15)29-20(30-19)32-21;3-1(5)2(4)6;3-1-2-4/h1-8H,9-12H2,(H,26,33)(H,27,34)(H2,28,29,30,31,32);;1-4H2. The lowest BCUT2D eigenvalue weighted by molar-refractivity contribution is -0.154. The van der Waals surface area contributed by atoms with Crippen molar-refractivity contribution in [1.29, 1.82) is 0 Å².